The van der Waals surface area contributed by atoms with Crippen LogP contribution in [-0.4, -0.2) is 52.0 Å². The Bertz CT molecular complexity index is 1090. The highest BCUT2D eigenvalue weighted by Gasteiger charge is 2.24. The monoisotopic (exact) mass is 431 g/mol. The molecule has 3 aromatic rings. The number of benzene rings is 2. The Morgan fingerprint density at radius 2 is 1.84 bits per heavy atom. The minimum absolute atomic E-state index is 0.0583. The zero-order valence-corrected chi connectivity index (χ0v) is 18.5. The second kappa shape index (κ2) is 9.12. The van der Waals surface area contributed by atoms with Crippen LogP contribution >= 0.6 is 0 Å². The van der Waals surface area contributed by atoms with E-state index in [2.05, 4.69) is 33.6 Å². The predicted molar refractivity (Wildman–Crippen MR) is 124 cm³/mol. The van der Waals surface area contributed by atoms with Gasteiger partial charge in [-0.1, -0.05) is 23.4 Å². The number of piperidine rings is 1. The maximum atomic E-state index is 12.4. The molecule has 0 unspecified atom stereocenters. The lowest BCUT2D eigenvalue weighted by atomic mass is 9.98. The summed E-state index contributed by atoms with van der Waals surface area (Å²) in [5, 5.41) is 11.6. The van der Waals surface area contributed by atoms with Gasteiger partial charge in [-0.25, -0.2) is 4.68 Å². The number of carbonyl (C=O) groups excluding carboxylic acids is 1. The Morgan fingerprint density at radius 1 is 1.06 bits per heavy atom. The van der Waals surface area contributed by atoms with Gasteiger partial charge in [0.25, 0.3) is 0 Å². The lowest BCUT2D eigenvalue weighted by Crippen LogP contribution is -2.35. The largest absolute Gasteiger partial charge is 0.488 e. The molecule has 2 aliphatic heterocycles. The van der Waals surface area contributed by atoms with Crippen molar-refractivity contribution in [1.29, 1.82) is 0 Å². The van der Waals surface area contributed by atoms with Crippen LogP contribution in [0, 0.1) is 0 Å². The number of anilines is 1. The van der Waals surface area contributed by atoms with Crippen LogP contribution in [0.2, 0.25) is 0 Å². The van der Waals surface area contributed by atoms with Gasteiger partial charge in [0, 0.05) is 25.1 Å². The molecule has 2 aromatic carbocycles. The van der Waals surface area contributed by atoms with Crippen LogP contribution in [0.5, 0.6) is 5.75 Å². The van der Waals surface area contributed by atoms with Crippen LogP contribution in [-0.2, 0) is 11.2 Å². The van der Waals surface area contributed by atoms with Crippen molar-refractivity contribution in [3.05, 3.63) is 54.2 Å². The molecule has 1 amide bonds. The number of carbonyl (C=O) groups is 1. The minimum atomic E-state index is 0.0583. The number of hydrogen-bond acceptors (Lipinski definition) is 5. The maximum absolute atomic E-state index is 12.4. The second-order valence-corrected chi connectivity index (χ2v) is 8.75. The van der Waals surface area contributed by atoms with E-state index in [1.807, 2.05) is 41.1 Å². The number of ether oxygens (including phenoxy) is 1. The Labute approximate surface area is 188 Å². The third-order valence-electron chi connectivity index (χ3n) is 6.35. The molecule has 1 saturated heterocycles. The number of fused-ring (bicyclic) bond motifs is 1. The highest BCUT2D eigenvalue weighted by Crippen LogP contribution is 2.38. The highest BCUT2D eigenvalue weighted by molar-refractivity contribution is 5.94. The molecule has 1 fully saturated rings. The number of likely N-dealkylation sites (tertiary alicyclic amines) is 1. The molecule has 0 atom stereocenters. The smallest absolute Gasteiger partial charge is 0.224 e. The fourth-order valence-electron chi connectivity index (χ4n) is 4.53. The Morgan fingerprint density at radius 3 is 2.66 bits per heavy atom. The zero-order chi connectivity index (χ0) is 21.9. The normalized spacial score (nSPS) is 17.8. The Hall–Kier alpha value is -3.19. The molecule has 7 heteroatoms. The molecule has 166 valence electrons. The van der Waals surface area contributed by atoms with Crippen molar-refractivity contribution in [2.24, 2.45) is 0 Å². The van der Waals surface area contributed by atoms with Gasteiger partial charge in [-0.05, 0) is 69.0 Å². The summed E-state index contributed by atoms with van der Waals surface area (Å²) in [4.78, 5) is 14.8. The molecule has 0 aliphatic carbocycles. The maximum Gasteiger partial charge on any atom is 0.224 e. The van der Waals surface area contributed by atoms with Gasteiger partial charge in [0.2, 0.25) is 5.91 Å². The number of hydrogen-bond donors (Lipinski definition) is 1. The summed E-state index contributed by atoms with van der Waals surface area (Å²) in [5.41, 5.74) is 4.80. The Kier molecular flexibility index (Phi) is 5.90. The number of nitrogens with one attached hydrogen (secondary N) is 1. The molecule has 3 heterocycles. The van der Waals surface area contributed by atoms with Gasteiger partial charge in [0.1, 0.15) is 11.9 Å². The van der Waals surface area contributed by atoms with Crippen LogP contribution in [0.4, 0.5) is 5.69 Å². The van der Waals surface area contributed by atoms with Gasteiger partial charge in [0.15, 0.2) is 0 Å². The second-order valence-electron chi connectivity index (χ2n) is 8.75. The summed E-state index contributed by atoms with van der Waals surface area (Å²) in [7, 11) is 2.14. The van der Waals surface area contributed by atoms with E-state index in [1.165, 1.54) is 0 Å². The van der Waals surface area contributed by atoms with E-state index >= 15 is 0 Å². The van der Waals surface area contributed by atoms with Crippen molar-refractivity contribution in [3.8, 4) is 22.7 Å². The number of amides is 1. The summed E-state index contributed by atoms with van der Waals surface area (Å²) >= 11 is 0. The third-order valence-corrected chi connectivity index (χ3v) is 6.35. The fraction of sp³-hybridized carbons (Fsp3) is 0.400. The standard InChI is InChI=1S/C25H29N5O2/c1-29-13-11-21(12-14-29)32-23-16-19(15-18-7-5-6-10-24(31)27-25(18)23)22-17-26-28-30(22)20-8-3-2-4-9-20/h2-4,8-9,15-17,21H,5-7,10-14H2,1H3,(H,27,31). The first-order valence-electron chi connectivity index (χ1n) is 11.5. The number of aryl methyl sites for hydroxylation is 1. The number of rotatable bonds is 4. The summed E-state index contributed by atoms with van der Waals surface area (Å²) in [6.45, 7) is 2.03. The van der Waals surface area contributed by atoms with Crippen molar-refractivity contribution in [1.82, 2.24) is 19.9 Å². The molecule has 1 aromatic heterocycles. The highest BCUT2D eigenvalue weighted by atomic mass is 16.5. The van der Waals surface area contributed by atoms with Gasteiger partial charge >= 0.3 is 0 Å². The topological polar surface area (TPSA) is 72.3 Å². The zero-order valence-electron chi connectivity index (χ0n) is 18.5. The molecule has 7 nitrogen and oxygen atoms in total. The summed E-state index contributed by atoms with van der Waals surface area (Å²) in [6.07, 6.45) is 7.22. The van der Waals surface area contributed by atoms with Crippen LogP contribution in [0.3, 0.4) is 0 Å². The van der Waals surface area contributed by atoms with Crippen LogP contribution < -0.4 is 10.1 Å². The third kappa shape index (κ3) is 4.39. The van der Waals surface area contributed by atoms with E-state index in [4.69, 9.17) is 4.74 Å². The molecule has 32 heavy (non-hydrogen) atoms. The van der Waals surface area contributed by atoms with E-state index in [-0.39, 0.29) is 12.0 Å². The van der Waals surface area contributed by atoms with E-state index in [0.717, 1.165) is 79.1 Å². The quantitative estimate of drug-likeness (QED) is 0.674. The fourth-order valence-corrected chi connectivity index (χ4v) is 4.53. The molecular weight excluding hydrogens is 402 g/mol. The van der Waals surface area contributed by atoms with E-state index in [0.29, 0.717) is 6.42 Å². The molecule has 0 radical (unpaired) electrons. The van der Waals surface area contributed by atoms with Crippen molar-refractivity contribution < 1.29 is 9.53 Å². The van der Waals surface area contributed by atoms with Gasteiger partial charge in [-0.3, -0.25) is 4.79 Å². The molecule has 2 aliphatic rings. The Balaban J connectivity index is 1.56. The van der Waals surface area contributed by atoms with Crippen LogP contribution in [0.15, 0.2) is 48.7 Å². The SMILES string of the molecule is CN1CCC(Oc2cc(-c3cnnn3-c3ccccc3)cc3c2NC(=O)CCCC3)CC1. The molecule has 5 rings (SSSR count). The van der Waals surface area contributed by atoms with E-state index < -0.39 is 0 Å². The van der Waals surface area contributed by atoms with Gasteiger partial charge in [0.05, 0.1) is 23.3 Å². The van der Waals surface area contributed by atoms with Crippen LogP contribution in [0.1, 0.15) is 37.7 Å². The van der Waals surface area contributed by atoms with Crippen molar-refractivity contribution in [2.45, 2.75) is 44.6 Å². The lowest BCUT2D eigenvalue weighted by Gasteiger charge is -2.30. The molecule has 1 N–H and O–H groups in total. The first kappa shape index (κ1) is 20.7. The van der Waals surface area contributed by atoms with Crippen molar-refractivity contribution in [2.75, 3.05) is 25.5 Å². The molecular formula is C25H29N5O2. The number of aromatic nitrogens is 3. The molecule has 0 spiro atoms. The van der Waals surface area contributed by atoms with Crippen molar-refractivity contribution >= 4 is 11.6 Å². The minimum Gasteiger partial charge on any atom is -0.488 e. The summed E-state index contributed by atoms with van der Waals surface area (Å²) in [5.74, 6) is 0.811. The van der Waals surface area contributed by atoms with Gasteiger partial charge in [-0.2, -0.15) is 0 Å². The average molecular weight is 432 g/mol. The van der Waals surface area contributed by atoms with E-state index in [9.17, 15) is 4.79 Å². The predicted octanol–water partition coefficient (Wildman–Crippen LogP) is 4.07. The summed E-state index contributed by atoms with van der Waals surface area (Å²) < 4.78 is 8.39. The molecule has 0 bridgehead atoms. The number of para-hydroxylation sites is 1. The van der Waals surface area contributed by atoms with Gasteiger partial charge in [-0.15, -0.1) is 5.10 Å². The lowest BCUT2D eigenvalue weighted by molar-refractivity contribution is -0.116. The summed E-state index contributed by atoms with van der Waals surface area (Å²) in [6, 6.07) is 14.2. The average Bonchev–Trinajstić information content (AvgIpc) is 3.29. The van der Waals surface area contributed by atoms with Crippen LogP contribution in [0.25, 0.3) is 16.9 Å². The van der Waals surface area contributed by atoms with E-state index in [1.54, 1.807) is 6.20 Å². The first-order valence-corrected chi connectivity index (χ1v) is 11.5. The van der Waals surface area contributed by atoms with Crippen molar-refractivity contribution in [3.63, 3.8) is 0 Å². The number of nitrogens with zero attached hydrogens (tertiary/aromatic N) is 4. The first-order chi connectivity index (χ1) is 15.7. The van der Waals surface area contributed by atoms with Gasteiger partial charge < -0.3 is 15.0 Å². The molecule has 0 saturated carbocycles.